The Morgan fingerprint density at radius 1 is 0.455 bits per heavy atom. The molecule has 55 heavy (non-hydrogen) atoms. The number of fused-ring (bicyclic) bond motifs is 12. The van der Waals surface area contributed by atoms with E-state index in [1.807, 2.05) is 0 Å². The maximum absolute atomic E-state index is 2.71. The van der Waals surface area contributed by atoms with E-state index in [-0.39, 0.29) is 23.1 Å². The van der Waals surface area contributed by atoms with Crippen molar-refractivity contribution in [3.8, 4) is 16.8 Å². The molecule has 2 nitrogen and oxygen atoms in total. The van der Waals surface area contributed by atoms with Crippen LogP contribution in [0.3, 0.4) is 0 Å². The fraction of sp³-hybridized carbons (Fsp3) is 0.231. The lowest BCUT2D eigenvalue weighted by Gasteiger charge is -2.37. The number of nitrogens with zero attached hydrogens (tertiary/aromatic N) is 2. The zero-order chi connectivity index (χ0) is 37.7. The van der Waals surface area contributed by atoms with Gasteiger partial charge in [0.25, 0.3) is 0 Å². The molecular weight excluding hydrogens is 663 g/mol. The zero-order valence-corrected chi connectivity index (χ0v) is 33.4. The summed E-state index contributed by atoms with van der Waals surface area (Å²) in [5, 5.41) is 13.7. The largest absolute Gasteiger partial charge is 0.375 e. The van der Waals surface area contributed by atoms with Crippen molar-refractivity contribution in [1.82, 2.24) is 9.05 Å². The van der Waals surface area contributed by atoms with E-state index in [2.05, 4.69) is 181 Å². The highest BCUT2D eigenvalue weighted by Crippen LogP contribution is 2.52. The molecule has 0 spiro atoms. The predicted molar refractivity (Wildman–Crippen MR) is 239 cm³/mol. The monoisotopic (exact) mass is 708 g/mol. The summed E-state index contributed by atoms with van der Waals surface area (Å²) in [7, 11) is 0. The maximum Gasteiger partial charge on any atom is 0.333 e. The lowest BCUT2D eigenvalue weighted by molar-refractivity contribution is 0.585. The molecule has 2 aliphatic rings. The molecule has 0 saturated heterocycles. The van der Waals surface area contributed by atoms with Crippen LogP contribution in [0.5, 0.6) is 0 Å². The summed E-state index contributed by atoms with van der Waals surface area (Å²) >= 11 is 0. The van der Waals surface area contributed by atoms with E-state index in [1.165, 1.54) is 120 Å². The van der Waals surface area contributed by atoms with E-state index >= 15 is 0 Å². The van der Waals surface area contributed by atoms with Crippen molar-refractivity contribution < 1.29 is 0 Å². The van der Waals surface area contributed by atoms with Gasteiger partial charge in [0.1, 0.15) is 0 Å². The molecule has 0 unspecified atom stereocenters. The standard InChI is InChI=1S/C52H45BN2/c1-50(2,3)28-24-34-38(51(4,5)6)26-36-44-37(27-39(52(7,8)9)35(25-28)43(34)44)49-46-45(36)33-20-14-18-31-30-17-11-13-23-42(30)55(47(31)33)53(46)40-21-15-19-32-29-16-10-12-22-41(29)54(49)48(32)40/h10-27H,1-9H3. The molecule has 0 bridgehead atoms. The number of rotatable bonds is 0. The van der Waals surface area contributed by atoms with Crippen LogP contribution in [-0.4, -0.2) is 15.9 Å². The van der Waals surface area contributed by atoms with Crippen molar-refractivity contribution in [3.63, 3.8) is 0 Å². The molecule has 266 valence electrons. The predicted octanol–water partition coefficient (Wildman–Crippen LogP) is 12.6. The normalized spacial score (nSPS) is 14.2. The zero-order valence-electron chi connectivity index (χ0n) is 33.4. The van der Waals surface area contributed by atoms with Gasteiger partial charge in [0, 0.05) is 48.9 Å². The number of hydrogen-bond donors (Lipinski definition) is 0. The minimum atomic E-state index is -0.0801. The van der Waals surface area contributed by atoms with Crippen molar-refractivity contribution in [2.45, 2.75) is 78.6 Å². The molecule has 0 radical (unpaired) electrons. The van der Waals surface area contributed by atoms with E-state index in [1.54, 1.807) is 0 Å². The van der Waals surface area contributed by atoms with Gasteiger partial charge >= 0.3 is 6.85 Å². The molecular formula is C52H45BN2. The SMILES string of the molecule is CC(C)(C)c1cc2c(C(C)(C)C)cc3c4c5c(c6cc(C(C)(C)C)c(c1)c2c36)-n1c2ccccc2c2cccc(c21)B5n1c2ccccc2c2cccc-4c21. The third kappa shape index (κ3) is 3.78. The highest BCUT2D eigenvalue weighted by Gasteiger charge is 2.44. The Morgan fingerprint density at radius 2 is 1.00 bits per heavy atom. The van der Waals surface area contributed by atoms with Gasteiger partial charge in [-0.3, -0.25) is 0 Å². The van der Waals surface area contributed by atoms with Crippen molar-refractivity contribution >= 4 is 93.7 Å². The van der Waals surface area contributed by atoms with Gasteiger partial charge in [0.15, 0.2) is 0 Å². The Morgan fingerprint density at radius 3 is 1.65 bits per heavy atom. The molecule has 0 amide bonds. The van der Waals surface area contributed by atoms with Gasteiger partial charge in [0.2, 0.25) is 0 Å². The lowest BCUT2D eigenvalue weighted by Crippen LogP contribution is -2.55. The number of aromatic nitrogens is 2. The lowest BCUT2D eigenvalue weighted by atomic mass is 9.45. The molecule has 12 rings (SSSR count). The van der Waals surface area contributed by atoms with Crippen LogP contribution in [0.4, 0.5) is 0 Å². The van der Waals surface area contributed by atoms with Crippen LogP contribution in [0.25, 0.3) is 92.7 Å². The summed E-state index contributed by atoms with van der Waals surface area (Å²) in [6.45, 7) is 21.6. The quantitative estimate of drug-likeness (QED) is 0.110. The molecule has 2 aliphatic heterocycles. The first-order chi connectivity index (χ1) is 26.2. The van der Waals surface area contributed by atoms with Crippen LogP contribution in [0.15, 0.2) is 109 Å². The molecule has 4 heterocycles. The first kappa shape index (κ1) is 31.8. The molecule has 0 N–H and O–H groups in total. The Labute approximate surface area is 322 Å². The molecule has 0 aliphatic carbocycles. The van der Waals surface area contributed by atoms with E-state index in [0.717, 1.165) is 0 Å². The summed E-state index contributed by atoms with van der Waals surface area (Å²) < 4.78 is 5.39. The van der Waals surface area contributed by atoms with Crippen LogP contribution < -0.4 is 10.9 Å². The minimum Gasteiger partial charge on any atom is -0.375 e. The van der Waals surface area contributed by atoms with Crippen molar-refractivity contribution in [1.29, 1.82) is 0 Å². The van der Waals surface area contributed by atoms with Gasteiger partial charge in [-0.2, -0.15) is 0 Å². The van der Waals surface area contributed by atoms with E-state index in [0.29, 0.717) is 0 Å². The first-order valence-electron chi connectivity index (χ1n) is 20.2. The van der Waals surface area contributed by atoms with Gasteiger partial charge in [-0.05, 0) is 95.2 Å². The van der Waals surface area contributed by atoms with Gasteiger partial charge in [-0.1, -0.05) is 147 Å². The van der Waals surface area contributed by atoms with Gasteiger partial charge < -0.3 is 9.05 Å². The smallest absolute Gasteiger partial charge is 0.333 e. The average Bonchev–Trinajstić information content (AvgIpc) is 3.66. The first-order valence-corrected chi connectivity index (χ1v) is 20.2. The van der Waals surface area contributed by atoms with Gasteiger partial charge in [-0.15, -0.1) is 0 Å². The summed E-state index contributed by atoms with van der Waals surface area (Å²) in [6, 6.07) is 42.7. The maximum atomic E-state index is 2.71. The molecule has 0 fully saturated rings. The van der Waals surface area contributed by atoms with Crippen molar-refractivity contribution in [3.05, 3.63) is 126 Å². The van der Waals surface area contributed by atoms with E-state index in [9.17, 15) is 0 Å². The molecule has 2 aromatic heterocycles. The van der Waals surface area contributed by atoms with Crippen LogP contribution >= 0.6 is 0 Å². The molecule has 10 aromatic rings. The summed E-state index contributed by atoms with van der Waals surface area (Å²) in [4.78, 5) is 0. The fourth-order valence-corrected chi connectivity index (χ4v) is 11.0. The number of benzene rings is 8. The van der Waals surface area contributed by atoms with Crippen molar-refractivity contribution in [2.75, 3.05) is 0 Å². The van der Waals surface area contributed by atoms with Gasteiger partial charge in [0.05, 0.1) is 16.7 Å². The third-order valence-corrected chi connectivity index (χ3v) is 13.4. The fourth-order valence-electron chi connectivity index (χ4n) is 11.0. The Hall–Kier alpha value is -5.54. The van der Waals surface area contributed by atoms with E-state index in [4.69, 9.17) is 0 Å². The van der Waals surface area contributed by atoms with Gasteiger partial charge in [-0.25, -0.2) is 0 Å². The highest BCUT2D eigenvalue weighted by atomic mass is 15.0. The Balaban J connectivity index is 1.45. The van der Waals surface area contributed by atoms with Crippen LogP contribution in [0.2, 0.25) is 0 Å². The average molecular weight is 709 g/mol. The summed E-state index contributed by atoms with van der Waals surface area (Å²) in [6.07, 6.45) is 0. The second kappa shape index (κ2) is 9.82. The topological polar surface area (TPSA) is 9.86 Å². The van der Waals surface area contributed by atoms with Crippen LogP contribution in [0.1, 0.15) is 79.0 Å². The molecule has 8 aromatic carbocycles. The highest BCUT2D eigenvalue weighted by molar-refractivity contribution is 6.90. The second-order valence-corrected chi connectivity index (χ2v) is 19.7. The summed E-state index contributed by atoms with van der Waals surface area (Å²) in [5.41, 5.74) is 16.3. The van der Waals surface area contributed by atoms with Crippen LogP contribution in [0, 0.1) is 0 Å². The summed E-state index contributed by atoms with van der Waals surface area (Å²) in [5.74, 6) is 0. The van der Waals surface area contributed by atoms with E-state index < -0.39 is 0 Å². The molecule has 0 saturated carbocycles. The Kier molecular flexibility index (Phi) is 5.67. The Bertz CT molecular complexity index is 3350. The van der Waals surface area contributed by atoms with Crippen LogP contribution in [-0.2, 0) is 16.2 Å². The minimum absolute atomic E-state index is 0.00950. The second-order valence-electron chi connectivity index (χ2n) is 19.7. The van der Waals surface area contributed by atoms with Crippen molar-refractivity contribution in [2.24, 2.45) is 0 Å². The third-order valence-electron chi connectivity index (χ3n) is 13.4. The molecule has 0 atom stereocenters. The number of hydrogen-bond acceptors (Lipinski definition) is 0. The number of para-hydroxylation sites is 4. The molecule has 3 heteroatoms.